The van der Waals surface area contributed by atoms with Gasteiger partial charge in [0.2, 0.25) is 0 Å². The topological polar surface area (TPSA) is 42.2 Å². The van der Waals surface area contributed by atoms with Crippen molar-refractivity contribution in [2.24, 2.45) is 0 Å². The van der Waals surface area contributed by atoms with Gasteiger partial charge in [-0.15, -0.1) is 0 Å². The van der Waals surface area contributed by atoms with Gasteiger partial charge in [-0.3, -0.25) is 0 Å². The van der Waals surface area contributed by atoms with Gasteiger partial charge < -0.3 is 9.47 Å². The molecule has 0 aliphatic carbocycles. The fourth-order valence-electron chi connectivity index (χ4n) is 1.36. The Morgan fingerprint density at radius 3 is 2.37 bits per heavy atom. The lowest BCUT2D eigenvalue weighted by atomic mass is 10.2. The second-order valence-electron chi connectivity index (χ2n) is 3.57. The first-order valence-electron chi connectivity index (χ1n) is 5.53. The van der Waals surface area contributed by atoms with Crippen LogP contribution in [0.15, 0.2) is 60.2 Å². The van der Waals surface area contributed by atoms with Crippen molar-refractivity contribution in [1.29, 1.82) is 5.26 Å². The molecule has 1 aromatic carbocycles. The first-order valence-corrected chi connectivity index (χ1v) is 5.53. The number of ether oxygens (including phenoxy) is 2. The highest BCUT2D eigenvalue weighted by Gasteiger charge is 2.09. The van der Waals surface area contributed by atoms with Crippen LogP contribution in [0.1, 0.15) is 6.92 Å². The number of nitriles is 1. The molecule has 4 heteroatoms. The molecule has 0 heterocycles. The highest BCUT2D eigenvalue weighted by Crippen LogP contribution is 2.22. The average Bonchev–Trinajstić information content (AvgIpc) is 2.40. The van der Waals surface area contributed by atoms with Crippen molar-refractivity contribution in [2.45, 2.75) is 6.92 Å². The number of halogens is 1. The molecule has 0 unspecified atom stereocenters. The van der Waals surface area contributed by atoms with Gasteiger partial charge in [-0.25, -0.2) is 4.39 Å². The summed E-state index contributed by atoms with van der Waals surface area (Å²) in [6, 6.07) is 8.54. The zero-order valence-corrected chi connectivity index (χ0v) is 10.8. The standard InChI is InChI=1S/C15H14FNO2/c1-4-5-15(16)14(10-17)11(2)19-13-8-6-12(18-3)7-9-13/h4-9H,1H2,2-3H3/b14-11+,15-5+. The number of nitrogens with zero attached hydrogens (tertiary/aromatic N) is 1. The summed E-state index contributed by atoms with van der Waals surface area (Å²) in [7, 11) is 1.56. The smallest absolute Gasteiger partial charge is 0.144 e. The molecule has 98 valence electrons. The zero-order chi connectivity index (χ0) is 14.3. The quantitative estimate of drug-likeness (QED) is 0.457. The Hall–Kier alpha value is -2.54. The molecule has 0 saturated carbocycles. The Labute approximate surface area is 111 Å². The van der Waals surface area contributed by atoms with Crippen LogP contribution >= 0.6 is 0 Å². The number of hydrogen-bond acceptors (Lipinski definition) is 3. The molecule has 0 aromatic heterocycles. The van der Waals surface area contributed by atoms with Gasteiger partial charge in [0, 0.05) is 0 Å². The van der Waals surface area contributed by atoms with E-state index < -0.39 is 5.83 Å². The molecule has 19 heavy (non-hydrogen) atoms. The molecule has 0 N–H and O–H groups in total. The van der Waals surface area contributed by atoms with Crippen LogP contribution in [0.25, 0.3) is 0 Å². The second-order valence-corrected chi connectivity index (χ2v) is 3.57. The van der Waals surface area contributed by atoms with Gasteiger partial charge in [-0.05, 0) is 37.3 Å². The molecule has 0 aliphatic heterocycles. The predicted octanol–water partition coefficient (Wildman–Crippen LogP) is 3.91. The van der Waals surface area contributed by atoms with Gasteiger partial charge in [0.25, 0.3) is 0 Å². The average molecular weight is 259 g/mol. The third-order valence-corrected chi connectivity index (χ3v) is 2.30. The third-order valence-electron chi connectivity index (χ3n) is 2.30. The number of hydrogen-bond donors (Lipinski definition) is 0. The maximum absolute atomic E-state index is 13.5. The minimum Gasteiger partial charge on any atom is -0.497 e. The zero-order valence-electron chi connectivity index (χ0n) is 10.8. The molecule has 0 amide bonds. The van der Waals surface area contributed by atoms with E-state index in [0.717, 1.165) is 6.08 Å². The van der Waals surface area contributed by atoms with Crippen molar-refractivity contribution in [2.75, 3.05) is 7.11 Å². The fourth-order valence-corrected chi connectivity index (χ4v) is 1.36. The first kappa shape index (κ1) is 14.5. The Morgan fingerprint density at radius 1 is 1.32 bits per heavy atom. The Morgan fingerprint density at radius 2 is 1.89 bits per heavy atom. The van der Waals surface area contributed by atoms with Crippen molar-refractivity contribution in [3.05, 3.63) is 60.2 Å². The molecular formula is C15H14FNO2. The van der Waals surface area contributed by atoms with Crippen LogP contribution in [0, 0.1) is 11.3 Å². The molecule has 0 bridgehead atoms. The minimum absolute atomic E-state index is 0.157. The fraction of sp³-hybridized carbons (Fsp3) is 0.133. The van der Waals surface area contributed by atoms with Crippen molar-refractivity contribution in [3.63, 3.8) is 0 Å². The highest BCUT2D eigenvalue weighted by molar-refractivity contribution is 5.42. The summed E-state index contributed by atoms with van der Waals surface area (Å²) < 4.78 is 24.0. The van der Waals surface area contributed by atoms with Crippen LogP contribution in [0.3, 0.4) is 0 Å². The SMILES string of the molecule is C=C/C=C(F)\C(C#N)=C(/C)Oc1ccc(OC)cc1. The van der Waals surface area contributed by atoms with Crippen molar-refractivity contribution in [3.8, 4) is 17.6 Å². The molecule has 0 fully saturated rings. The number of rotatable bonds is 5. The monoisotopic (exact) mass is 259 g/mol. The van der Waals surface area contributed by atoms with Crippen LogP contribution in [0.4, 0.5) is 4.39 Å². The van der Waals surface area contributed by atoms with Crippen LogP contribution < -0.4 is 9.47 Å². The molecule has 0 saturated heterocycles. The lowest BCUT2D eigenvalue weighted by molar-refractivity contribution is 0.406. The van der Waals surface area contributed by atoms with Crippen LogP contribution in [-0.4, -0.2) is 7.11 Å². The largest absolute Gasteiger partial charge is 0.497 e. The third kappa shape index (κ3) is 4.00. The molecule has 0 spiro atoms. The molecule has 0 radical (unpaired) electrons. The number of methoxy groups -OCH3 is 1. The summed E-state index contributed by atoms with van der Waals surface area (Å²) >= 11 is 0. The van der Waals surface area contributed by atoms with E-state index in [-0.39, 0.29) is 11.3 Å². The first-order chi connectivity index (χ1) is 9.12. The molecular weight excluding hydrogens is 245 g/mol. The van der Waals surface area contributed by atoms with Crippen LogP contribution in [0.2, 0.25) is 0 Å². The molecule has 1 rings (SSSR count). The van der Waals surface area contributed by atoms with E-state index in [4.69, 9.17) is 14.7 Å². The minimum atomic E-state index is -0.677. The van der Waals surface area contributed by atoms with Crippen molar-refractivity contribution >= 4 is 0 Å². The second kappa shape index (κ2) is 7.02. The lowest BCUT2D eigenvalue weighted by Crippen LogP contribution is -1.97. The summed E-state index contributed by atoms with van der Waals surface area (Å²) in [5.41, 5.74) is -0.157. The van der Waals surface area contributed by atoms with Gasteiger partial charge in [0.15, 0.2) is 0 Å². The molecule has 1 aromatic rings. The van der Waals surface area contributed by atoms with Crippen molar-refractivity contribution in [1.82, 2.24) is 0 Å². The van der Waals surface area contributed by atoms with E-state index in [1.807, 2.05) is 0 Å². The summed E-state index contributed by atoms with van der Waals surface area (Å²) in [5, 5.41) is 8.93. The van der Waals surface area contributed by atoms with E-state index in [9.17, 15) is 4.39 Å². The van der Waals surface area contributed by atoms with E-state index in [0.29, 0.717) is 11.5 Å². The Balaban J connectivity index is 2.98. The van der Waals surface area contributed by atoms with E-state index in [1.165, 1.54) is 13.0 Å². The summed E-state index contributed by atoms with van der Waals surface area (Å²) in [4.78, 5) is 0. The molecule has 0 atom stereocenters. The number of benzene rings is 1. The van der Waals surface area contributed by atoms with Gasteiger partial charge >= 0.3 is 0 Å². The summed E-state index contributed by atoms with van der Waals surface area (Å²) in [6.07, 6.45) is 2.38. The predicted molar refractivity (Wildman–Crippen MR) is 71.3 cm³/mol. The number of allylic oxidation sites excluding steroid dienone is 5. The maximum atomic E-state index is 13.5. The van der Waals surface area contributed by atoms with Gasteiger partial charge in [0.05, 0.1) is 7.11 Å². The Bertz CT molecular complexity index is 551. The van der Waals surface area contributed by atoms with Gasteiger partial charge in [-0.2, -0.15) is 5.26 Å². The van der Waals surface area contributed by atoms with Gasteiger partial charge in [0.1, 0.15) is 34.7 Å². The Kier molecular flexibility index (Phi) is 5.36. The normalized spacial score (nSPS) is 12.2. The van der Waals surface area contributed by atoms with Gasteiger partial charge in [-0.1, -0.05) is 12.7 Å². The van der Waals surface area contributed by atoms with E-state index in [1.54, 1.807) is 37.4 Å². The van der Waals surface area contributed by atoms with Crippen LogP contribution in [0.5, 0.6) is 11.5 Å². The van der Waals surface area contributed by atoms with E-state index >= 15 is 0 Å². The van der Waals surface area contributed by atoms with Crippen LogP contribution in [-0.2, 0) is 0 Å². The van der Waals surface area contributed by atoms with Crippen molar-refractivity contribution < 1.29 is 13.9 Å². The summed E-state index contributed by atoms with van der Waals surface area (Å²) in [6.45, 7) is 4.90. The maximum Gasteiger partial charge on any atom is 0.144 e. The highest BCUT2D eigenvalue weighted by atomic mass is 19.1. The summed E-state index contributed by atoms with van der Waals surface area (Å²) in [5.74, 6) is 0.691. The molecule has 0 aliphatic rings. The van der Waals surface area contributed by atoms with E-state index in [2.05, 4.69) is 6.58 Å². The molecule has 3 nitrogen and oxygen atoms in total. The lowest BCUT2D eigenvalue weighted by Gasteiger charge is -2.08.